The van der Waals surface area contributed by atoms with Crippen LogP contribution in [0.2, 0.25) is 0 Å². The number of nitrogens with one attached hydrogen (secondary N) is 1. The molecule has 1 aromatic rings. The smallest absolute Gasteiger partial charge is 0.253 e. The molecular formula is C8H11NO2S. The molecule has 1 atom stereocenters. The lowest BCUT2D eigenvalue weighted by Crippen LogP contribution is -2.26. The van der Waals surface area contributed by atoms with Gasteiger partial charge in [-0.25, -0.2) is 0 Å². The molecule has 4 heteroatoms. The van der Waals surface area contributed by atoms with E-state index in [1.807, 2.05) is 10.8 Å². The van der Waals surface area contributed by atoms with Gasteiger partial charge >= 0.3 is 0 Å². The van der Waals surface area contributed by atoms with E-state index in [9.17, 15) is 4.79 Å². The first-order chi connectivity index (χ1) is 5.74. The molecule has 0 aliphatic heterocycles. The highest BCUT2D eigenvalue weighted by atomic mass is 32.1. The molecule has 2 N–H and O–H groups in total. The monoisotopic (exact) mass is 185 g/mol. The molecule has 1 amide bonds. The number of aliphatic hydroxyl groups is 1. The van der Waals surface area contributed by atoms with Crippen molar-refractivity contribution in [3.8, 4) is 0 Å². The Morgan fingerprint density at radius 3 is 3.08 bits per heavy atom. The van der Waals surface area contributed by atoms with Gasteiger partial charge in [-0.2, -0.15) is 11.3 Å². The Balaban J connectivity index is 2.47. The van der Waals surface area contributed by atoms with Crippen molar-refractivity contribution in [2.45, 2.75) is 19.4 Å². The fourth-order valence-electron chi connectivity index (χ4n) is 0.747. The second kappa shape index (κ2) is 4.23. The average Bonchev–Trinajstić information content (AvgIpc) is 2.55. The molecule has 12 heavy (non-hydrogen) atoms. The number of thiophene rings is 1. The quantitative estimate of drug-likeness (QED) is 0.749. The molecule has 3 nitrogen and oxygen atoms in total. The van der Waals surface area contributed by atoms with Crippen molar-refractivity contribution in [2.75, 3.05) is 5.32 Å². The van der Waals surface area contributed by atoms with Gasteiger partial charge in [0.25, 0.3) is 5.91 Å². The molecular weight excluding hydrogens is 174 g/mol. The van der Waals surface area contributed by atoms with Gasteiger partial charge in [-0.1, -0.05) is 6.92 Å². The summed E-state index contributed by atoms with van der Waals surface area (Å²) in [7, 11) is 0. The van der Waals surface area contributed by atoms with Gasteiger partial charge in [-0.05, 0) is 17.9 Å². The summed E-state index contributed by atoms with van der Waals surface area (Å²) >= 11 is 1.50. The summed E-state index contributed by atoms with van der Waals surface area (Å²) in [6.07, 6.45) is -0.458. The lowest BCUT2D eigenvalue weighted by molar-refractivity contribution is -0.124. The third-order valence-corrected chi connectivity index (χ3v) is 2.16. The fraction of sp³-hybridized carbons (Fsp3) is 0.375. The molecule has 0 radical (unpaired) electrons. The lowest BCUT2D eigenvalue weighted by atomic mass is 10.2. The Hall–Kier alpha value is -0.870. The summed E-state index contributed by atoms with van der Waals surface area (Å²) < 4.78 is 0. The molecule has 0 aromatic carbocycles. The molecule has 0 fully saturated rings. The van der Waals surface area contributed by atoms with E-state index in [2.05, 4.69) is 5.32 Å². The molecule has 0 bridgehead atoms. The van der Waals surface area contributed by atoms with Crippen LogP contribution in [0.25, 0.3) is 0 Å². The summed E-state index contributed by atoms with van der Waals surface area (Å²) in [5, 5.41) is 15.4. The zero-order valence-corrected chi connectivity index (χ0v) is 7.60. The Bertz CT molecular complexity index is 246. The van der Waals surface area contributed by atoms with Gasteiger partial charge in [-0.3, -0.25) is 4.79 Å². The van der Waals surface area contributed by atoms with Gasteiger partial charge < -0.3 is 10.4 Å². The van der Waals surface area contributed by atoms with Gasteiger partial charge in [0.1, 0.15) is 6.10 Å². The first kappa shape index (κ1) is 9.22. The van der Waals surface area contributed by atoms with E-state index in [-0.39, 0.29) is 5.91 Å². The fourth-order valence-corrected chi connectivity index (χ4v) is 1.33. The molecule has 1 heterocycles. The predicted molar refractivity (Wildman–Crippen MR) is 49.2 cm³/mol. The zero-order valence-electron chi connectivity index (χ0n) is 6.78. The Labute approximate surface area is 75.0 Å². The molecule has 1 rings (SSSR count). The minimum Gasteiger partial charge on any atom is -0.383 e. The van der Waals surface area contributed by atoms with E-state index >= 15 is 0 Å². The Morgan fingerprint density at radius 2 is 2.58 bits per heavy atom. The van der Waals surface area contributed by atoms with Crippen molar-refractivity contribution < 1.29 is 9.90 Å². The molecule has 0 spiro atoms. The molecule has 0 aliphatic rings. The minimum absolute atomic E-state index is 0.337. The van der Waals surface area contributed by atoms with E-state index in [1.54, 1.807) is 13.0 Å². The number of hydrogen-bond donors (Lipinski definition) is 2. The van der Waals surface area contributed by atoms with Gasteiger partial charge in [0.15, 0.2) is 0 Å². The average molecular weight is 185 g/mol. The largest absolute Gasteiger partial charge is 0.383 e. The summed E-state index contributed by atoms with van der Waals surface area (Å²) in [6.45, 7) is 1.76. The van der Waals surface area contributed by atoms with E-state index in [0.717, 1.165) is 5.69 Å². The summed E-state index contributed by atoms with van der Waals surface area (Å²) in [4.78, 5) is 11.1. The summed E-state index contributed by atoms with van der Waals surface area (Å²) in [5.74, 6) is -0.337. The van der Waals surface area contributed by atoms with Gasteiger partial charge in [0.2, 0.25) is 0 Å². The number of rotatable bonds is 3. The Kier molecular flexibility index (Phi) is 3.25. The van der Waals surface area contributed by atoms with Crippen molar-refractivity contribution >= 4 is 22.9 Å². The summed E-state index contributed by atoms with van der Waals surface area (Å²) in [6, 6.07) is 1.80. The number of anilines is 1. The number of hydrogen-bond acceptors (Lipinski definition) is 3. The number of carbonyl (C=O) groups excluding carboxylic acids is 1. The van der Waals surface area contributed by atoms with E-state index in [4.69, 9.17) is 5.11 Å². The maximum absolute atomic E-state index is 11.1. The third-order valence-electron chi connectivity index (χ3n) is 1.48. The SMILES string of the molecule is CCC(O)C(=O)Nc1ccsc1. The highest BCUT2D eigenvalue weighted by molar-refractivity contribution is 7.08. The standard InChI is InChI=1S/C8H11NO2S/c1-2-7(10)8(11)9-6-3-4-12-5-6/h3-5,7,10H,2H2,1H3,(H,9,11). The van der Waals surface area contributed by atoms with Crippen LogP contribution in [-0.2, 0) is 4.79 Å². The molecule has 0 saturated carbocycles. The minimum atomic E-state index is -0.898. The first-order valence-corrected chi connectivity index (χ1v) is 4.69. The van der Waals surface area contributed by atoms with Crippen LogP contribution in [0.1, 0.15) is 13.3 Å². The molecule has 0 aliphatic carbocycles. The van der Waals surface area contributed by atoms with Crippen molar-refractivity contribution in [3.05, 3.63) is 16.8 Å². The zero-order chi connectivity index (χ0) is 8.97. The van der Waals surface area contributed by atoms with Crippen molar-refractivity contribution in [3.63, 3.8) is 0 Å². The predicted octanol–water partition coefficient (Wildman–Crippen LogP) is 1.46. The van der Waals surface area contributed by atoms with Crippen LogP contribution in [-0.4, -0.2) is 17.1 Å². The van der Waals surface area contributed by atoms with Crippen LogP contribution >= 0.6 is 11.3 Å². The van der Waals surface area contributed by atoms with Crippen molar-refractivity contribution in [1.82, 2.24) is 0 Å². The number of amides is 1. The topological polar surface area (TPSA) is 49.3 Å². The van der Waals surface area contributed by atoms with E-state index < -0.39 is 6.10 Å². The highest BCUT2D eigenvalue weighted by Crippen LogP contribution is 2.12. The normalized spacial score (nSPS) is 12.5. The van der Waals surface area contributed by atoms with Crippen LogP contribution in [0, 0.1) is 0 Å². The lowest BCUT2D eigenvalue weighted by Gasteiger charge is -2.06. The van der Waals surface area contributed by atoms with Crippen LogP contribution < -0.4 is 5.32 Å². The summed E-state index contributed by atoms with van der Waals surface area (Å²) in [5.41, 5.74) is 0.748. The van der Waals surface area contributed by atoms with Crippen LogP contribution in [0.5, 0.6) is 0 Å². The van der Waals surface area contributed by atoms with Crippen molar-refractivity contribution in [2.24, 2.45) is 0 Å². The number of carbonyl (C=O) groups is 1. The van der Waals surface area contributed by atoms with E-state index in [1.165, 1.54) is 11.3 Å². The first-order valence-electron chi connectivity index (χ1n) is 3.75. The highest BCUT2D eigenvalue weighted by Gasteiger charge is 2.11. The van der Waals surface area contributed by atoms with E-state index in [0.29, 0.717) is 6.42 Å². The second-order valence-electron chi connectivity index (χ2n) is 2.43. The van der Waals surface area contributed by atoms with Gasteiger partial charge in [0.05, 0.1) is 5.69 Å². The van der Waals surface area contributed by atoms with Gasteiger partial charge in [0, 0.05) is 5.38 Å². The number of aliphatic hydroxyl groups excluding tert-OH is 1. The molecule has 66 valence electrons. The molecule has 1 unspecified atom stereocenters. The molecule has 1 aromatic heterocycles. The third kappa shape index (κ3) is 2.32. The van der Waals surface area contributed by atoms with Crippen LogP contribution in [0.4, 0.5) is 5.69 Å². The van der Waals surface area contributed by atoms with Crippen LogP contribution in [0.3, 0.4) is 0 Å². The molecule has 0 saturated heterocycles. The maximum atomic E-state index is 11.1. The maximum Gasteiger partial charge on any atom is 0.253 e. The second-order valence-corrected chi connectivity index (χ2v) is 3.21. The van der Waals surface area contributed by atoms with Gasteiger partial charge in [-0.15, -0.1) is 0 Å². The van der Waals surface area contributed by atoms with Crippen molar-refractivity contribution in [1.29, 1.82) is 0 Å². The Morgan fingerprint density at radius 1 is 1.83 bits per heavy atom. The van der Waals surface area contributed by atoms with Crippen LogP contribution in [0.15, 0.2) is 16.8 Å².